The van der Waals surface area contributed by atoms with Crippen LogP contribution in [0, 0.1) is 0 Å². The van der Waals surface area contributed by atoms with E-state index in [1.54, 1.807) is 12.1 Å². The van der Waals surface area contributed by atoms with Gasteiger partial charge in [-0.25, -0.2) is 0 Å². The molecule has 0 aliphatic carbocycles. The van der Waals surface area contributed by atoms with Crippen LogP contribution in [-0.2, 0) is 0 Å². The van der Waals surface area contributed by atoms with Gasteiger partial charge in [0.1, 0.15) is 11.9 Å². The van der Waals surface area contributed by atoms with Gasteiger partial charge in [-0.05, 0) is 44.9 Å². The van der Waals surface area contributed by atoms with Gasteiger partial charge in [0.15, 0.2) is 0 Å². The highest BCUT2D eigenvalue weighted by atomic mass is 35.5. The van der Waals surface area contributed by atoms with Gasteiger partial charge in [-0.2, -0.15) is 0 Å². The summed E-state index contributed by atoms with van der Waals surface area (Å²) >= 11 is 5.86. The molecule has 0 amide bonds. The fourth-order valence-electron chi connectivity index (χ4n) is 1.46. The van der Waals surface area contributed by atoms with Crippen molar-refractivity contribution in [1.29, 1.82) is 0 Å². The molecule has 0 bridgehead atoms. The van der Waals surface area contributed by atoms with Crippen LogP contribution in [0.25, 0.3) is 0 Å². The van der Waals surface area contributed by atoms with E-state index >= 15 is 0 Å². The number of ether oxygens (including phenoxy) is 1. The Labute approximate surface area is 108 Å². The molecule has 1 aromatic rings. The van der Waals surface area contributed by atoms with Gasteiger partial charge in [0.25, 0.3) is 0 Å². The zero-order valence-corrected chi connectivity index (χ0v) is 11.1. The molecule has 2 unspecified atom stereocenters. The SMILES string of the molecule is C=C(C)CCC(O)C(C)Oc1cccc(Cl)c1. The van der Waals surface area contributed by atoms with Crippen molar-refractivity contribution in [2.75, 3.05) is 0 Å². The normalized spacial score (nSPS) is 14.1. The predicted molar refractivity (Wildman–Crippen MR) is 71.6 cm³/mol. The average Bonchev–Trinajstić information content (AvgIpc) is 2.25. The van der Waals surface area contributed by atoms with Crippen molar-refractivity contribution >= 4 is 11.6 Å². The molecule has 0 fully saturated rings. The van der Waals surface area contributed by atoms with Crippen LogP contribution in [0.1, 0.15) is 26.7 Å². The van der Waals surface area contributed by atoms with E-state index in [2.05, 4.69) is 6.58 Å². The van der Waals surface area contributed by atoms with Crippen LogP contribution in [0.5, 0.6) is 5.75 Å². The third kappa shape index (κ3) is 5.24. The first kappa shape index (κ1) is 14.1. The van der Waals surface area contributed by atoms with Crippen molar-refractivity contribution < 1.29 is 9.84 Å². The zero-order valence-electron chi connectivity index (χ0n) is 10.3. The highest BCUT2D eigenvalue weighted by molar-refractivity contribution is 6.30. The van der Waals surface area contributed by atoms with Crippen molar-refractivity contribution in [3.63, 3.8) is 0 Å². The van der Waals surface area contributed by atoms with E-state index in [1.165, 1.54) is 0 Å². The Morgan fingerprint density at radius 3 is 2.82 bits per heavy atom. The second-order valence-corrected chi connectivity index (χ2v) is 4.78. The van der Waals surface area contributed by atoms with Crippen LogP contribution in [0.3, 0.4) is 0 Å². The minimum Gasteiger partial charge on any atom is -0.488 e. The van der Waals surface area contributed by atoms with Crippen molar-refractivity contribution in [2.45, 2.75) is 38.9 Å². The first-order chi connectivity index (χ1) is 7.99. The molecule has 0 spiro atoms. The Morgan fingerprint density at radius 2 is 2.24 bits per heavy atom. The molecule has 17 heavy (non-hydrogen) atoms. The molecule has 0 aliphatic heterocycles. The number of hydrogen-bond acceptors (Lipinski definition) is 2. The van der Waals surface area contributed by atoms with Crippen LogP contribution in [-0.4, -0.2) is 17.3 Å². The predicted octanol–water partition coefficient (Wildman–Crippen LogP) is 3.82. The van der Waals surface area contributed by atoms with Gasteiger partial charge in [0, 0.05) is 5.02 Å². The Bertz CT molecular complexity index is 376. The number of aliphatic hydroxyl groups excluding tert-OH is 1. The smallest absolute Gasteiger partial charge is 0.122 e. The summed E-state index contributed by atoms with van der Waals surface area (Å²) in [7, 11) is 0. The topological polar surface area (TPSA) is 29.5 Å². The van der Waals surface area contributed by atoms with E-state index < -0.39 is 6.10 Å². The summed E-state index contributed by atoms with van der Waals surface area (Å²) < 4.78 is 5.63. The first-order valence-corrected chi connectivity index (χ1v) is 6.11. The van der Waals surface area contributed by atoms with E-state index in [0.29, 0.717) is 17.2 Å². The van der Waals surface area contributed by atoms with Crippen molar-refractivity contribution in [3.8, 4) is 5.75 Å². The highest BCUT2D eigenvalue weighted by Gasteiger charge is 2.15. The molecule has 0 radical (unpaired) electrons. The monoisotopic (exact) mass is 254 g/mol. The Kier molecular flexibility index (Phi) is 5.52. The fraction of sp³-hybridized carbons (Fsp3) is 0.429. The molecule has 2 nitrogen and oxygen atoms in total. The third-order valence-electron chi connectivity index (χ3n) is 2.53. The van der Waals surface area contributed by atoms with E-state index in [0.717, 1.165) is 12.0 Å². The third-order valence-corrected chi connectivity index (χ3v) is 2.76. The molecule has 1 aromatic carbocycles. The van der Waals surface area contributed by atoms with Gasteiger partial charge in [-0.3, -0.25) is 0 Å². The molecule has 94 valence electrons. The Morgan fingerprint density at radius 1 is 1.53 bits per heavy atom. The van der Waals surface area contributed by atoms with Crippen LogP contribution in [0.4, 0.5) is 0 Å². The first-order valence-electron chi connectivity index (χ1n) is 5.73. The lowest BCUT2D eigenvalue weighted by Crippen LogP contribution is -2.28. The van der Waals surface area contributed by atoms with Crippen LogP contribution < -0.4 is 4.74 Å². The summed E-state index contributed by atoms with van der Waals surface area (Å²) in [4.78, 5) is 0. The van der Waals surface area contributed by atoms with Crippen molar-refractivity contribution in [3.05, 3.63) is 41.4 Å². The van der Waals surface area contributed by atoms with Gasteiger partial charge >= 0.3 is 0 Å². The molecular weight excluding hydrogens is 236 g/mol. The van der Waals surface area contributed by atoms with E-state index in [4.69, 9.17) is 16.3 Å². The highest BCUT2D eigenvalue weighted by Crippen LogP contribution is 2.20. The van der Waals surface area contributed by atoms with Crippen LogP contribution in [0.2, 0.25) is 5.02 Å². The van der Waals surface area contributed by atoms with Gasteiger partial charge < -0.3 is 9.84 Å². The maximum Gasteiger partial charge on any atom is 0.122 e. The lowest BCUT2D eigenvalue weighted by Gasteiger charge is -2.20. The lowest BCUT2D eigenvalue weighted by molar-refractivity contribution is 0.0420. The second kappa shape index (κ2) is 6.67. The molecule has 1 rings (SSSR count). The molecule has 3 heteroatoms. The maximum absolute atomic E-state index is 9.90. The standard InChI is InChI=1S/C14H19ClO2/c1-10(2)7-8-14(16)11(3)17-13-6-4-5-12(15)9-13/h4-6,9,11,14,16H,1,7-8H2,2-3H3. The number of halogens is 1. The minimum absolute atomic E-state index is 0.257. The molecule has 0 aromatic heterocycles. The molecule has 0 saturated carbocycles. The summed E-state index contributed by atoms with van der Waals surface area (Å²) in [6.45, 7) is 7.62. The molecule has 2 atom stereocenters. The van der Waals surface area contributed by atoms with Gasteiger partial charge in [0.2, 0.25) is 0 Å². The maximum atomic E-state index is 9.90. The average molecular weight is 255 g/mol. The summed E-state index contributed by atoms with van der Waals surface area (Å²) in [6, 6.07) is 7.18. The lowest BCUT2D eigenvalue weighted by atomic mass is 10.1. The molecule has 1 N–H and O–H groups in total. The summed E-state index contributed by atoms with van der Waals surface area (Å²) in [5, 5.41) is 10.5. The van der Waals surface area contributed by atoms with Crippen molar-refractivity contribution in [2.24, 2.45) is 0 Å². The van der Waals surface area contributed by atoms with Gasteiger partial charge in [-0.15, -0.1) is 6.58 Å². The fourth-order valence-corrected chi connectivity index (χ4v) is 1.64. The molecule has 0 heterocycles. The van der Waals surface area contributed by atoms with E-state index in [1.807, 2.05) is 26.0 Å². The minimum atomic E-state index is -0.495. The Hall–Kier alpha value is -0.990. The van der Waals surface area contributed by atoms with Crippen LogP contribution in [0.15, 0.2) is 36.4 Å². The van der Waals surface area contributed by atoms with Gasteiger partial charge in [0.05, 0.1) is 6.10 Å². The Balaban J connectivity index is 2.48. The molecule has 0 saturated heterocycles. The number of aliphatic hydroxyl groups is 1. The number of benzene rings is 1. The second-order valence-electron chi connectivity index (χ2n) is 4.34. The quantitative estimate of drug-likeness (QED) is 0.782. The number of rotatable bonds is 6. The number of allylic oxidation sites excluding steroid dienone is 1. The van der Waals surface area contributed by atoms with Gasteiger partial charge in [-0.1, -0.05) is 23.2 Å². The largest absolute Gasteiger partial charge is 0.488 e. The summed E-state index contributed by atoms with van der Waals surface area (Å²) in [5.41, 5.74) is 1.07. The van der Waals surface area contributed by atoms with E-state index in [-0.39, 0.29) is 6.10 Å². The summed E-state index contributed by atoms with van der Waals surface area (Å²) in [6.07, 6.45) is 0.722. The molecule has 0 aliphatic rings. The zero-order chi connectivity index (χ0) is 12.8. The summed E-state index contributed by atoms with van der Waals surface area (Å²) in [5.74, 6) is 0.680. The van der Waals surface area contributed by atoms with E-state index in [9.17, 15) is 5.11 Å². The van der Waals surface area contributed by atoms with Crippen molar-refractivity contribution in [1.82, 2.24) is 0 Å². The number of hydrogen-bond donors (Lipinski definition) is 1. The van der Waals surface area contributed by atoms with Crippen LogP contribution >= 0.6 is 11.6 Å². The molecular formula is C14H19ClO2.